The lowest BCUT2D eigenvalue weighted by Gasteiger charge is -2.39. The maximum absolute atomic E-state index is 5.43. The number of fused-ring (bicyclic) bond motifs is 1. The molecule has 1 aliphatic rings. The van der Waals surface area contributed by atoms with Gasteiger partial charge in [0.05, 0.1) is 6.61 Å². The Balaban J connectivity index is 2.05. The Morgan fingerprint density at radius 2 is 2.32 bits per heavy atom. The first kappa shape index (κ1) is 15.0. The lowest BCUT2D eigenvalue weighted by atomic mass is 9.99. The first-order valence-electron chi connectivity index (χ1n) is 7.17. The van der Waals surface area contributed by atoms with Crippen LogP contribution in [-0.4, -0.2) is 43.8 Å². The van der Waals surface area contributed by atoms with Gasteiger partial charge in [-0.3, -0.25) is 4.90 Å². The number of ether oxygens (including phenoxy) is 1. The highest BCUT2D eigenvalue weighted by Crippen LogP contribution is 2.33. The summed E-state index contributed by atoms with van der Waals surface area (Å²) in [6.07, 6.45) is 1.18. The minimum Gasteiger partial charge on any atom is -0.383 e. The summed E-state index contributed by atoms with van der Waals surface area (Å²) in [4.78, 5) is 4.16. The van der Waals surface area contributed by atoms with Gasteiger partial charge < -0.3 is 10.1 Å². The zero-order chi connectivity index (χ0) is 13.8. The van der Waals surface area contributed by atoms with E-state index < -0.39 is 0 Å². The molecule has 1 N–H and O–H groups in total. The van der Waals surface area contributed by atoms with Crippen LogP contribution >= 0.6 is 11.3 Å². The Morgan fingerprint density at radius 1 is 1.53 bits per heavy atom. The molecule has 0 bridgehead atoms. The highest BCUT2D eigenvalue weighted by molar-refractivity contribution is 7.10. The van der Waals surface area contributed by atoms with E-state index >= 15 is 0 Å². The van der Waals surface area contributed by atoms with Gasteiger partial charge >= 0.3 is 0 Å². The van der Waals surface area contributed by atoms with Gasteiger partial charge in [-0.05, 0) is 30.4 Å². The summed E-state index contributed by atoms with van der Waals surface area (Å²) in [5.74, 6) is 0. The number of nitrogens with zero attached hydrogens (tertiary/aromatic N) is 1. The quantitative estimate of drug-likeness (QED) is 0.868. The van der Waals surface area contributed by atoms with Crippen LogP contribution in [0.25, 0.3) is 0 Å². The summed E-state index contributed by atoms with van der Waals surface area (Å²) in [6, 6.07) is 3.77. The average molecular weight is 282 g/mol. The predicted octanol–water partition coefficient (Wildman–Crippen LogP) is 2.68. The second-order valence-corrected chi connectivity index (χ2v) is 6.64. The van der Waals surface area contributed by atoms with Gasteiger partial charge in [0.1, 0.15) is 0 Å². The van der Waals surface area contributed by atoms with Crippen molar-refractivity contribution in [3.05, 3.63) is 21.9 Å². The molecule has 3 nitrogen and oxygen atoms in total. The molecule has 0 fully saturated rings. The lowest BCUT2D eigenvalue weighted by molar-refractivity contribution is 0.0592. The minimum atomic E-state index is 0.454. The molecular weight excluding hydrogens is 256 g/mol. The second kappa shape index (κ2) is 6.84. The Hall–Kier alpha value is -0.420. The Kier molecular flexibility index (Phi) is 5.39. The van der Waals surface area contributed by atoms with E-state index in [0.717, 1.165) is 19.7 Å². The summed E-state index contributed by atoms with van der Waals surface area (Å²) >= 11 is 1.90. The molecule has 108 valence electrons. The van der Waals surface area contributed by atoms with Gasteiger partial charge in [0.15, 0.2) is 0 Å². The maximum atomic E-state index is 5.43. The summed E-state index contributed by atoms with van der Waals surface area (Å²) in [5.41, 5.74) is 1.52. The fourth-order valence-corrected chi connectivity index (χ4v) is 3.83. The third-order valence-corrected chi connectivity index (χ3v) is 4.91. The van der Waals surface area contributed by atoms with Gasteiger partial charge in [0, 0.05) is 43.2 Å². The van der Waals surface area contributed by atoms with Crippen LogP contribution in [0.3, 0.4) is 0 Å². The van der Waals surface area contributed by atoms with Crippen molar-refractivity contribution in [2.75, 3.05) is 26.8 Å². The van der Waals surface area contributed by atoms with Crippen LogP contribution < -0.4 is 5.32 Å². The number of methoxy groups -OCH3 is 1. The molecule has 1 aliphatic heterocycles. The molecule has 2 heterocycles. The number of hydrogen-bond donors (Lipinski definition) is 1. The molecule has 2 rings (SSSR count). The lowest BCUT2D eigenvalue weighted by Crippen LogP contribution is -2.49. The van der Waals surface area contributed by atoms with Crippen molar-refractivity contribution >= 4 is 11.3 Å². The average Bonchev–Trinajstić information content (AvgIpc) is 2.84. The third kappa shape index (κ3) is 3.57. The normalized spacial score (nSPS) is 21.6. The highest BCUT2D eigenvalue weighted by Gasteiger charge is 2.30. The molecule has 19 heavy (non-hydrogen) atoms. The van der Waals surface area contributed by atoms with Crippen molar-refractivity contribution in [2.24, 2.45) is 0 Å². The third-order valence-electron chi connectivity index (χ3n) is 3.91. The van der Waals surface area contributed by atoms with Crippen molar-refractivity contribution in [3.63, 3.8) is 0 Å². The molecule has 2 unspecified atom stereocenters. The second-order valence-electron chi connectivity index (χ2n) is 5.64. The first-order valence-corrected chi connectivity index (χ1v) is 8.05. The molecule has 0 amide bonds. The van der Waals surface area contributed by atoms with Crippen LogP contribution in [0.5, 0.6) is 0 Å². The smallest absolute Gasteiger partial charge is 0.0630 e. The topological polar surface area (TPSA) is 24.5 Å². The Bertz CT molecular complexity index is 391. The van der Waals surface area contributed by atoms with Gasteiger partial charge in [-0.15, -0.1) is 11.3 Å². The molecule has 1 aromatic rings. The van der Waals surface area contributed by atoms with E-state index in [-0.39, 0.29) is 0 Å². The van der Waals surface area contributed by atoms with E-state index in [2.05, 4.69) is 42.4 Å². The van der Waals surface area contributed by atoms with E-state index in [0.29, 0.717) is 18.1 Å². The number of thiophene rings is 1. The van der Waals surface area contributed by atoms with Crippen molar-refractivity contribution in [3.8, 4) is 0 Å². The SMILES string of the molecule is COCC(CNC(C)C)N1CCc2sccc2C1C. The largest absolute Gasteiger partial charge is 0.383 e. The van der Waals surface area contributed by atoms with Gasteiger partial charge in [-0.1, -0.05) is 13.8 Å². The molecular formula is C15H26N2OS. The highest BCUT2D eigenvalue weighted by atomic mass is 32.1. The van der Waals surface area contributed by atoms with Gasteiger partial charge in [-0.25, -0.2) is 0 Å². The van der Waals surface area contributed by atoms with Crippen molar-refractivity contribution < 1.29 is 4.74 Å². The number of rotatable bonds is 6. The zero-order valence-electron chi connectivity index (χ0n) is 12.5. The standard InChI is InChI=1S/C15H26N2OS/c1-11(2)16-9-13(10-18-4)17-7-5-15-14(12(17)3)6-8-19-15/h6,8,11-13,16H,5,7,9-10H2,1-4H3. The van der Waals surface area contributed by atoms with E-state index in [1.807, 2.05) is 11.3 Å². The van der Waals surface area contributed by atoms with Crippen molar-refractivity contribution in [1.82, 2.24) is 10.2 Å². The molecule has 0 radical (unpaired) electrons. The van der Waals surface area contributed by atoms with E-state index in [1.165, 1.54) is 12.0 Å². The van der Waals surface area contributed by atoms with Crippen LogP contribution in [0, 0.1) is 0 Å². The molecule has 0 aromatic carbocycles. The maximum Gasteiger partial charge on any atom is 0.0630 e. The fraction of sp³-hybridized carbons (Fsp3) is 0.733. The fourth-order valence-electron chi connectivity index (χ4n) is 2.86. The van der Waals surface area contributed by atoms with Gasteiger partial charge in [0.25, 0.3) is 0 Å². The molecule has 0 spiro atoms. The van der Waals surface area contributed by atoms with Crippen LogP contribution in [-0.2, 0) is 11.2 Å². The summed E-state index contributed by atoms with van der Waals surface area (Å²) in [7, 11) is 1.80. The van der Waals surface area contributed by atoms with E-state index in [9.17, 15) is 0 Å². The van der Waals surface area contributed by atoms with Crippen LogP contribution in [0.15, 0.2) is 11.4 Å². The molecule has 0 aliphatic carbocycles. The Labute approximate surface area is 121 Å². The number of nitrogens with one attached hydrogen (secondary N) is 1. The molecule has 0 saturated heterocycles. The van der Waals surface area contributed by atoms with Crippen molar-refractivity contribution in [1.29, 1.82) is 0 Å². The summed E-state index contributed by atoms with van der Waals surface area (Å²) < 4.78 is 5.43. The van der Waals surface area contributed by atoms with E-state index in [4.69, 9.17) is 4.74 Å². The molecule has 2 atom stereocenters. The van der Waals surface area contributed by atoms with Crippen LogP contribution in [0.4, 0.5) is 0 Å². The molecule has 0 saturated carbocycles. The minimum absolute atomic E-state index is 0.454. The van der Waals surface area contributed by atoms with Crippen LogP contribution in [0.2, 0.25) is 0 Å². The molecule has 1 aromatic heterocycles. The zero-order valence-corrected chi connectivity index (χ0v) is 13.3. The summed E-state index contributed by atoms with van der Waals surface area (Å²) in [5, 5.41) is 5.77. The monoisotopic (exact) mass is 282 g/mol. The first-order chi connectivity index (χ1) is 9.13. The predicted molar refractivity (Wildman–Crippen MR) is 81.9 cm³/mol. The Morgan fingerprint density at radius 3 is 3.00 bits per heavy atom. The van der Waals surface area contributed by atoms with Gasteiger partial charge in [0.2, 0.25) is 0 Å². The number of hydrogen-bond acceptors (Lipinski definition) is 4. The van der Waals surface area contributed by atoms with E-state index in [1.54, 1.807) is 12.0 Å². The molecule has 4 heteroatoms. The van der Waals surface area contributed by atoms with Gasteiger partial charge in [-0.2, -0.15) is 0 Å². The van der Waals surface area contributed by atoms with Crippen molar-refractivity contribution in [2.45, 2.75) is 45.3 Å². The van der Waals surface area contributed by atoms with Crippen LogP contribution in [0.1, 0.15) is 37.3 Å². The summed E-state index contributed by atoms with van der Waals surface area (Å²) in [6.45, 7) is 9.64.